The van der Waals surface area contributed by atoms with Crippen molar-refractivity contribution in [2.75, 3.05) is 0 Å². The topological polar surface area (TPSA) is 78.7 Å². The third-order valence-electron chi connectivity index (χ3n) is 5.09. The van der Waals surface area contributed by atoms with Crippen LogP contribution in [0.15, 0.2) is 45.9 Å². The molecule has 12 heteroatoms. The molecular weight excluding hydrogens is 466 g/mol. The van der Waals surface area contributed by atoms with Gasteiger partial charge in [0.25, 0.3) is 6.43 Å². The van der Waals surface area contributed by atoms with E-state index in [1.54, 1.807) is 6.07 Å². The summed E-state index contributed by atoms with van der Waals surface area (Å²) in [5, 5.41) is 3.29. The van der Waals surface area contributed by atoms with E-state index in [1.807, 2.05) is 0 Å². The van der Waals surface area contributed by atoms with Gasteiger partial charge in [0, 0.05) is 23.9 Å². The summed E-state index contributed by atoms with van der Waals surface area (Å²) in [6, 6.07) is 4.93. The Labute approximate surface area is 188 Å². The van der Waals surface area contributed by atoms with Crippen LogP contribution in [0.1, 0.15) is 24.5 Å². The van der Waals surface area contributed by atoms with Crippen LogP contribution in [-0.4, -0.2) is 30.7 Å². The van der Waals surface area contributed by atoms with Gasteiger partial charge in [0.1, 0.15) is 28.9 Å². The largest absolute Gasteiger partial charge is 0.432 e. The molecule has 1 aliphatic rings. The molecule has 0 radical (unpaired) electrons. The van der Waals surface area contributed by atoms with Crippen LogP contribution in [-0.2, 0) is 6.54 Å². The van der Waals surface area contributed by atoms with Gasteiger partial charge in [-0.3, -0.25) is 4.68 Å². The maximum Gasteiger partial charge on any atom is 0.353 e. The summed E-state index contributed by atoms with van der Waals surface area (Å²) < 4.78 is 61.4. The van der Waals surface area contributed by atoms with E-state index in [2.05, 4.69) is 15.1 Å². The van der Waals surface area contributed by atoms with Crippen molar-refractivity contribution in [1.82, 2.24) is 24.3 Å². The van der Waals surface area contributed by atoms with Crippen molar-refractivity contribution in [2.24, 2.45) is 0 Å². The third-order valence-corrected chi connectivity index (χ3v) is 5.45. The minimum atomic E-state index is -2.62. The molecule has 5 rings (SSSR count). The van der Waals surface area contributed by atoms with Gasteiger partial charge in [-0.15, -0.1) is 0 Å². The summed E-state index contributed by atoms with van der Waals surface area (Å²) in [7, 11) is 0. The van der Waals surface area contributed by atoms with Crippen molar-refractivity contribution in [2.45, 2.75) is 31.7 Å². The minimum absolute atomic E-state index is 0.0756. The molecule has 3 heterocycles. The summed E-state index contributed by atoms with van der Waals surface area (Å²) in [5.41, 5.74) is 0.0106. The molecule has 4 aromatic rings. The van der Waals surface area contributed by atoms with E-state index in [4.69, 9.17) is 16.0 Å². The summed E-state index contributed by atoms with van der Waals surface area (Å²) >= 11 is 5.58. The lowest BCUT2D eigenvalue weighted by molar-refractivity contribution is 0.122. The predicted molar refractivity (Wildman–Crippen MR) is 109 cm³/mol. The van der Waals surface area contributed by atoms with Crippen molar-refractivity contribution in [3.8, 4) is 28.7 Å². The molecule has 7 nitrogen and oxygen atoms in total. The second-order valence-electron chi connectivity index (χ2n) is 7.52. The average molecular weight is 480 g/mol. The Hall–Kier alpha value is -3.47. The Bertz CT molecular complexity index is 1390. The van der Waals surface area contributed by atoms with Crippen LogP contribution >= 0.6 is 11.6 Å². The van der Waals surface area contributed by atoms with Crippen molar-refractivity contribution >= 4 is 11.6 Å². The quantitative estimate of drug-likeness (QED) is 0.292. The number of halogens is 5. The number of hydrogen-bond donors (Lipinski definition) is 0. The molecule has 1 fully saturated rings. The van der Waals surface area contributed by atoms with Crippen molar-refractivity contribution in [3.05, 3.63) is 69.5 Å². The van der Waals surface area contributed by atoms with Crippen LogP contribution in [0.4, 0.5) is 17.6 Å². The molecule has 0 aliphatic heterocycles. The monoisotopic (exact) mass is 479 g/mol. The molecule has 0 unspecified atom stereocenters. The first-order valence-electron chi connectivity index (χ1n) is 9.88. The molecule has 0 amide bonds. The Kier molecular flexibility index (Phi) is 5.28. The number of nitrogens with zero attached hydrogens (tertiary/aromatic N) is 5. The third kappa shape index (κ3) is 4.15. The van der Waals surface area contributed by atoms with Gasteiger partial charge in [0.2, 0.25) is 5.89 Å². The molecule has 0 N–H and O–H groups in total. The average Bonchev–Trinajstić information content (AvgIpc) is 3.36. The van der Waals surface area contributed by atoms with E-state index in [0.717, 1.165) is 34.2 Å². The number of rotatable bonds is 6. The highest BCUT2D eigenvalue weighted by Gasteiger charge is 2.27. The molecule has 3 aromatic heterocycles. The number of aromatic nitrogens is 5. The van der Waals surface area contributed by atoms with E-state index in [0.29, 0.717) is 5.69 Å². The maximum absolute atomic E-state index is 14.1. The molecule has 1 aromatic carbocycles. The lowest BCUT2D eigenvalue weighted by Gasteiger charge is -2.06. The van der Waals surface area contributed by atoms with Gasteiger partial charge in [-0.2, -0.15) is 15.1 Å². The Morgan fingerprint density at radius 1 is 1.12 bits per heavy atom. The zero-order valence-corrected chi connectivity index (χ0v) is 17.4. The second-order valence-corrected chi connectivity index (χ2v) is 7.90. The highest BCUT2D eigenvalue weighted by Crippen LogP contribution is 2.38. The first-order valence-corrected chi connectivity index (χ1v) is 10.3. The van der Waals surface area contributed by atoms with Gasteiger partial charge >= 0.3 is 5.69 Å². The highest BCUT2D eigenvalue weighted by molar-refractivity contribution is 6.31. The van der Waals surface area contributed by atoms with Gasteiger partial charge in [0.15, 0.2) is 11.6 Å². The predicted octanol–water partition coefficient (Wildman–Crippen LogP) is 4.83. The summed E-state index contributed by atoms with van der Waals surface area (Å²) in [5.74, 6) is -2.21. The standard InChI is InChI=1S/C21H14ClF4N5O2/c22-17-12(23)7-11(8-13(17)24)18-19(31-6-4-14(10-1-2-10)27-21(31)32)28-20(33-18)15-3-5-30(29-15)9-16(25)26/h3-8,10,16H,1-2,9H2. The van der Waals surface area contributed by atoms with E-state index >= 15 is 0 Å². The molecule has 170 valence electrons. The Morgan fingerprint density at radius 3 is 2.48 bits per heavy atom. The molecule has 1 aliphatic carbocycles. The fourth-order valence-electron chi connectivity index (χ4n) is 3.36. The number of benzene rings is 1. The zero-order chi connectivity index (χ0) is 23.3. The first kappa shape index (κ1) is 21.4. The smallest absolute Gasteiger partial charge is 0.353 e. The van der Waals surface area contributed by atoms with Crippen molar-refractivity contribution in [3.63, 3.8) is 0 Å². The SMILES string of the molecule is O=c1nc(C2CC2)ccn1-c1nc(-c2ccn(CC(F)F)n2)oc1-c1cc(F)c(Cl)c(F)c1. The maximum atomic E-state index is 14.1. The molecule has 0 spiro atoms. The van der Waals surface area contributed by atoms with Crippen LogP contribution in [0.5, 0.6) is 0 Å². The van der Waals surface area contributed by atoms with Gasteiger partial charge < -0.3 is 4.42 Å². The molecule has 1 saturated carbocycles. The number of alkyl halides is 2. The highest BCUT2D eigenvalue weighted by atomic mass is 35.5. The zero-order valence-electron chi connectivity index (χ0n) is 16.7. The molecule has 0 saturated heterocycles. The summed E-state index contributed by atoms with van der Waals surface area (Å²) in [6.07, 6.45) is 2.03. The second kappa shape index (κ2) is 8.14. The number of hydrogen-bond acceptors (Lipinski definition) is 5. The normalized spacial score (nSPS) is 13.8. The fourth-order valence-corrected chi connectivity index (χ4v) is 3.47. The van der Waals surface area contributed by atoms with Gasteiger partial charge in [-0.25, -0.2) is 26.9 Å². The van der Waals surface area contributed by atoms with Crippen LogP contribution in [0.25, 0.3) is 28.7 Å². The Morgan fingerprint density at radius 2 is 1.85 bits per heavy atom. The molecule has 0 bridgehead atoms. The lowest BCUT2D eigenvalue weighted by atomic mass is 10.1. The van der Waals surface area contributed by atoms with Crippen LogP contribution in [0.3, 0.4) is 0 Å². The van der Waals surface area contributed by atoms with Gasteiger partial charge in [-0.1, -0.05) is 11.6 Å². The van der Waals surface area contributed by atoms with Crippen LogP contribution in [0.2, 0.25) is 5.02 Å². The van der Waals surface area contributed by atoms with Gasteiger partial charge in [-0.05, 0) is 37.1 Å². The molecular formula is C21H14ClF4N5O2. The van der Waals surface area contributed by atoms with E-state index in [9.17, 15) is 22.4 Å². The number of oxazole rings is 1. The first-order chi connectivity index (χ1) is 15.8. The molecule has 33 heavy (non-hydrogen) atoms. The summed E-state index contributed by atoms with van der Waals surface area (Å²) in [4.78, 5) is 21.0. The fraction of sp³-hybridized carbons (Fsp3) is 0.238. The van der Waals surface area contributed by atoms with Crippen molar-refractivity contribution < 1.29 is 22.0 Å². The van der Waals surface area contributed by atoms with Crippen LogP contribution in [0, 0.1) is 11.6 Å². The van der Waals surface area contributed by atoms with E-state index in [1.165, 1.54) is 18.5 Å². The van der Waals surface area contributed by atoms with Crippen LogP contribution < -0.4 is 5.69 Å². The molecule has 0 atom stereocenters. The summed E-state index contributed by atoms with van der Waals surface area (Å²) in [6.45, 7) is -0.639. The van der Waals surface area contributed by atoms with E-state index < -0.39 is 35.3 Å². The Balaban J connectivity index is 1.65. The van der Waals surface area contributed by atoms with Gasteiger partial charge in [0.05, 0.1) is 5.69 Å². The lowest BCUT2D eigenvalue weighted by Crippen LogP contribution is -2.22. The minimum Gasteiger partial charge on any atom is -0.432 e. The van der Waals surface area contributed by atoms with E-state index in [-0.39, 0.29) is 34.6 Å². The van der Waals surface area contributed by atoms with Crippen molar-refractivity contribution in [1.29, 1.82) is 0 Å².